The lowest BCUT2D eigenvalue weighted by molar-refractivity contribution is -0.115. The van der Waals surface area contributed by atoms with Crippen molar-refractivity contribution in [3.63, 3.8) is 0 Å². The summed E-state index contributed by atoms with van der Waals surface area (Å²) < 4.78 is 5.97. The molecule has 2 rings (SSSR count). The first-order valence-corrected chi connectivity index (χ1v) is 8.21. The highest BCUT2D eigenvalue weighted by Gasteiger charge is 2.08. The molecule has 0 heterocycles. The second-order valence-corrected chi connectivity index (χ2v) is 6.06. The summed E-state index contributed by atoms with van der Waals surface area (Å²) in [6.07, 6.45) is 0.0267. The highest BCUT2D eigenvalue weighted by atomic mass is 79.9. The fourth-order valence-corrected chi connectivity index (χ4v) is 2.20. The number of benzene rings is 2. The second kappa shape index (κ2) is 8.89. The number of hydrogen-bond acceptors (Lipinski definition) is 4. The number of hydrazine groups is 1. The summed E-state index contributed by atoms with van der Waals surface area (Å²) in [5, 5.41) is 2.74. The quantitative estimate of drug-likeness (QED) is 0.620. The fraction of sp³-hybridized carbons (Fsp3) is 0.111. The Labute approximate surface area is 154 Å². The molecule has 3 N–H and O–H groups in total. The van der Waals surface area contributed by atoms with E-state index < -0.39 is 0 Å². The molecule has 0 fully saturated rings. The molecule has 0 aromatic heterocycles. The highest BCUT2D eigenvalue weighted by Crippen LogP contribution is 2.14. The molecule has 0 bridgehead atoms. The van der Waals surface area contributed by atoms with Crippen molar-refractivity contribution in [2.45, 2.75) is 6.42 Å². The van der Waals surface area contributed by atoms with Crippen molar-refractivity contribution in [1.82, 2.24) is 10.9 Å². The molecule has 0 aliphatic carbocycles. The smallest absolute Gasteiger partial charge is 0.269 e. The molecule has 2 amide bonds. The Hall–Kier alpha value is -2.80. The van der Waals surface area contributed by atoms with E-state index in [0.29, 0.717) is 22.7 Å². The second-order valence-electron chi connectivity index (χ2n) is 5.14. The van der Waals surface area contributed by atoms with Gasteiger partial charge in [-0.15, -0.1) is 0 Å². The van der Waals surface area contributed by atoms with Gasteiger partial charge in [0.2, 0.25) is 5.91 Å². The Balaban J connectivity index is 1.78. The van der Waals surface area contributed by atoms with Crippen LogP contribution < -0.4 is 20.9 Å². The average molecular weight is 404 g/mol. The molecule has 0 unspecified atom stereocenters. The van der Waals surface area contributed by atoms with Gasteiger partial charge in [-0.2, -0.15) is 0 Å². The van der Waals surface area contributed by atoms with Crippen molar-refractivity contribution < 1.29 is 14.3 Å². The number of halogens is 1. The third kappa shape index (κ3) is 5.96. The standard InChI is InChI=1S/C18H18BrN3O3/c1-12(11-17(23)20-15-7-5-14(19)6-8-15)21-22-18(24)13-3-9-16(25-2)10-4-13/h3-10,21H,1,11H2,2H3,(H,20,23)(H,22,24). The number of hydrogen-bond donors (Lipinski definition) is 3. The van der Waals surface area contributed by atoms with Crippen LogP contribution in [0, 0.1) is 0 Å². The predicted octanol–water partition coefficient (Wildman–Crippen LogP) is 3.23. The average Bonchev–Trinajstić information content (AvgIpc) is 2.61. The zero-order chi connectivity index (χ0) is 18.2. The zero-order valence-corrected chi connectivity index (χ0v) is 15.2. The van der Waals surface area contributed by atoms with Crippen LogP contribution in [0.3, 0.4) is 0 Å². The minimum Gasteiger partial charge on any atom is -0.497 e. The molecule has 2 aromatic carbocycles. The molecule has 0 atom stereocenters. The van der Waals surface area contributed by atoms with Crippen LogP contribution in [0.25, 0.3) is 0 Å². The Bertz CT molecular complexity index is 758. The number of ether oxygens (including phenoxy) is 1. The van der Waals surface area contributed by atoms with Gasteiger partial charge in [0.1, 0.15) is 5.75 Å². The van der Waals surface area contributed by atoms with Gasteiger partial charge in [0.05, 0.1) is 13.5 Å². The normalized spacial score (nSPS) is 9.84. The van der Waals surface area contributed by atoms with Crippen molar-refractivity contribution in [1.29, 1.82) is 0 Å². The summed E-state index contributed by atoms with van der Waals surface area (Å²) in [5.41, 5.74) is 6.65. The molecule has 0 saturated carbocycles. The van der Waals surface area contributed by atoms with Gasteiger partial charge < -0.3 is 15.5 Å². The van der Waals surface area contributed by atoms with Gasteiger partial charge in [-0.3, -0.25) is 15.0 Å². The van der Waals surface area contributed by atoms with E-state index in [1.165, 1.54) is 0 Å². The number of anilines is 1. The van der Waals surface area contributed by atoms with Gasteiger partial charge >= 0.3 is 0 Å². The maximum Gasteiger partial charge on any atom is 0.269 e. The van der Waals surface area contributed by atoms with Crippen LogP contribution in [0.15, 0.2) is 65.3 Å². The Kier molecular flexibility index (Phi) is 6.59. The van der Waals surface area contributed by atoms with Crippen LogP contribution in [0.4, 0.5) is 5.69 Å². The SMILES string of the molecule is C=C(CC(=O)Nc1ccc(Br)cc1)NNC(=O)c1ccc(OC)cc1. The lowest BCUT2D eigenvalue weighted by Crippen LogP contribution is -2.37. The van der Waals surface area contributed by atoms with E-state index in [0.717, 1.165) is 4.47 Å². The van der Waals surface area contributed by atoms with Crippen LogP contribution in [-0.4, -0.2) is 18.9 Å². The first-order valence-electron chi connectivity index (χ1n) is 7.41. The molecule has 0 saturated heterocycles. The van der Waals surface area contributed by atoms with E-state index in [1.807, 2.05) is 12.1 Å². The summed E-state index contributed by atoms with van der Waals surface area (Å²) in [7, 11) is 1.56. The molecule has 6 nitrogen and oxygen atoms in total. The van der Waals surface area contributed by atoms with E-state index in [2.05, 4.69) is 38.7 Å². The summed E-state index contributed by atoms with van der Waals surface area (Å²) in [6, 6.07) is 13.9. The van der Waals surface area contributed by atoms with Crippen molar-refractivity contribution in [3.05, 3.63) is 70.8 Å². The Morgan fingerprint density at radius 3 is 2.28 bits per heavy atom. The molecular weight excluding hydrogens is 386 g/mol. The molecule has 0 aliphatic rings. The van der Waals surface area contributed by atoms with Gasteiger partial charge in [0.25, 0.3) is 5.91 Å². The van der Waals surface area contributed by atoms with Gasteiger partial charge in [-0.25, -0.2) is 0 Å². The van der Waals surface area contributed by atoms with Crippen molar-refractivity contribution in [2.75, 3.05) is 12.4 Å². The number of carbonyl (C=O) groups is 2. The number of amides is 2. The van der Waals surface area contributed by atoms with E-state index >= 15 is 0 Å². The molecule has 2 aromatic rings. The minimum absolute atomic E-state index is 0.0267. The van der Waals surface area contributed by atoms with Crippen LogP contribution in [0.2, 0.25) is 0 Å². The first-order chi connectivity index (χ1) is 12.0. The largest absolute Gasteiger partial charge is 0.497 e. The summed E-state index contributed by atoms with van der Waals surface area (Å²) in [6.45, 7) is 3.73. The van der Waals surface area contributed by atoms with E-state index in [1.54, 1.807) is 43.5 Å². The van der Waals surface area contributed by atoms with E-state index in [4.69, 9.17) is 4.74 Å². The van der Waals surface area contributed by atoms with Crippen molar-refractivity contribution >= 4 is 33.4 Å². The number of methoxy groups -OCH3 is 1. The summed E-state index contributed by atoms with van der Waals surface area (Å²) in [5.74, 6) is 0.0918. The number of carbonyl (C=O) groups excluding carboxylic acids is 2. The van der Waals surface area contributed by atoms with E-state index in [9.17, 15) is 9.59 Å². The van der Waals surface area contributed by atoms with Crippen LogP contribution >= 0.6 is 15.9 Å². The molecule has 0 aliphatic heterocycles. The summed E-state index contributed by atoms with van der Waals surface area (Å²) >= 11 is 3.33. The molecule has 7 heteroatoms. The van der Waals surface area contributed by atoms with Gasteiger partial charge in [-0.05, 0) is 48.5 Å². The third-order valence-corrected chi connectivity index (χ3v) is 3.74. The Morgan fingerprint density at radius 1 is 1.04 bits per heavy atom. The molecule has 25 heavy (non-hydrogen) atoms. The van der Waals surface area contributed by atoms with Crippen molar-refractivity contribution in [3.8, 4) is 5.75 Å². The Morgan fingerprint density at radius 2 is 1.68 bits per heavy atom. The highest BCUT2D eigenvalue weighted by molar-refractivity contribution is 9.10. The molecule has 0 spiro atoms. The fourth-order valence-electron chi connectivity index (χ4n) is 1.94. The van der Waals surface area contributed by atoms with Crippen LogP contribution in [-0.2, 0) is 4.79 Å². The zero-order valence-electron chi connectivity index (χ0n) is 13.6. The van der Waals surface area contributed by atoms with E-state index in [-0.39, 0.29) is 18.2 Å². The third-order valence-electron chi connectivity index (χ3n) is 3.21. The van der Waals surface area contributed by atoms with Crippen LogP contribution in [0.5, 0.6) is 5.75 Å². The predicted molar refractivity (Wildman–Crippen MR) is 100 cm³/mol. The maximum atomic E-state index is 12.0. The summed E-state index contributed by atoms with van der Waals surface area (Å²) in [4.78, 5) is 23.9. The van der Waals surface area contributed by atoms with Gasteiger partial charge in [-0.1, -0.05) is 22.5 Å². The van der Waals surface area contributed by atoms with Gasteiger partial charge in [0.15, 0.2) is 0 Å². The molecule has 130 valence electrons. The number of nitrogens with one attached hydrogen (secondary N) is 3. The monoisotopic (exact) mass is 403 g/mol. The number of rotatable bonds is 7. The van der Waals surface area contributed by atoms with Crippen molar-refractivity contribution in [2.24, 2.45) is 0 Å². The lowest BCUT2D eigenvalue weighted by atomic mass is 10.2. The minimum atomic E-state index is -0.336. The molecule has 0 radical (unpaired) electrons. The molecular formula is C18H18BrN3O3. The first kappa shape index (κ1) is 18.5. The maximum absolute atomic E-state index is 12.0. The van der Waals surface area contributed by atoms with Gasteiger partial charge in [0, 0.05) is 21.4 Å². The topological polar surface area (TPSA) is 79.5 Å². The lowest BCUT2D eigenvalue weighted by Gasteiger charge is -2.11. The van der Waals surface area contributed by atoms with Crippen LogP contribution in [0.1, 0.15) is 16.8 Å².